The van der Waals surface area contributed by atoms with Crippen molar-refractivity contribution in [2.75, 3.05) is 32.8 Å². The highest BCUT2D eigenvalue weighted by molar-refractivity contribution is 7.89. The number of amides is 1. The molecule has 0 radical (unpaired) electrons. The number of ether oxygens (including phenoxy) is 1. The van der Waals surface area contributed by atoms with Crippen LogP contribution < -0.4 is 0 Å². The summed E-state index contributed by atoms with van der Waals surface area (Å²) >= 11 is 0. The van der Waals surface area contributed by atoms with Gasteiger partial charge in [-0.2, -0.15) is 4.31 Å². The van der Waals surface area contributed by atoms with Crippen molar-refractivity contribution in [2.24, 2.45) is 0 Å². The van der Waals surface area contributed by atoms with Gasteiger partial charge in [-0.15, -0.1) is 0 Å². The Morgan fingerprint density at radius 3 is 2.32 bits per heavy atom. The second kappa shape index (κ2) is 9.15. The molecule has 1 aromatic carbocycles. The molecule has 1 saturated heterocycles. The Balaban J connectivity index is 1.71. The highest BCUT2D eigenvalue weighted by Crippen LogP contribution is 2.23. The van der Waals surface area contributed by atoms with Gasteiger partial charge in [-0.3, -0.25) is 4.79 Å². The van der Waals surface area contributed by atoms with Gasteiger partial charge >= 0.3 is 5.97 Å². The molecule has 2 aromatic rings. The summed E-state index contributed by atoms with van der Waals surface area (Å²) in [7, 11) is -3.63. The first kappa shape index (κ1) is 22.9. The average molecular weight is 446 g/mol. The van der Waals surface area contributed by atoms with Crippen LogP contribution in [0.3, 0.4) is 0 Å². The standard InChI is InChI=1S/C22H27N3O5S/c1-5-30-22(27)18-8-9-19(23-17(18)4)21(26)24-10-12-25(13-11-24)31(28,29)20-14-15(2)6-7-16(20)3/h6-9,14H,5,10-13H2,1-4H3. The molecule has 9 heteroatoms. The van der Waals surface area contributed by atoms with Gasteiger partial charge < -0.3 is 9.64 Å². The summed E-state index contributed by atoms with van der Waals surface area (Å²) < 4.78 is 32.5. The molecule has 2 heterocycles. The van der Waals surface area contributed by atoms with Crippen LogP contribution in [0.15, 0.2) is 35.2 Å². The number of rotatable bonds is 5. The number of carbonyl (C=O) groups is 2. The van der Waals surface area contributed by atoms with E-state index in [0.717, 1.165) is 5.56 Å². The van der Waals surface area contributed by atoms with E-state index in [1.54, 1.807) is 37.8 Å². The van der Waals surface area contributed by atoms with Crippen LogP contribution in [0.4, 0.5) is 0 Å². The summed E-state index contributed by atoms with van der Waals surface area (Å²) in [5.74, 6) is -0.765. The first-order chi connectivity index (χ1) is 14.6. The molecule has 0 N–H and O–H groups in total. The van der Waals surface area contributed by atoms with Gasteiger partial charge in [0.2, 0.25) is 10.0 Å². The number of piperazine rings is 1. The fourth-order valence-electron chi connectivity index (χ4n) is 3.52. The van der Waals surface area contributed by atoms with Gasteiger partial charge in [0.25, 0.3) is 5.91 Å². The van der Waals surface area contributed by atoms with Crippen molar-refractivity contribution < 1.29 is 22.7 Å². The molecule has 1 aromatic heterocycles. The van der Waals surface area contributed by atoms with Crippen molar-refractivity contribution in [3.63, 3.8) is 0 Å². The molecule has 1 fully saturated rings. The zero-order valence-electron chi connectivity index (χ0n) is 18.2. The van der Waals surface area contributed by atoms with Crippen LogP contribution in [0.25, 0.3) is 0 Å². The Morgan fingerprint density at radius 1 is 1.03 bits per heavy atom. The predicted molar refractivity (Wildman–Crippen MR) is 116 cm³/mol. The first-order valence-corrected chi connectivity index (χ1v) is 11.6. The maximum absolute atomic E-state index is 13.1. The molecular formula is C22H27N3O5S. The van der Waals surface area contributed by atoms with Crippen LogP contribution in [0, 0.1) is 20.8 Å². The third-order valence-electron chi connectivity index (χ3n) is 5.29. The smallest absolute Gasteiger partial charge is 0.339 e. The van der Waals surface area contributed by atoms with E-state index in [9.17, 15) is 18.0 Å². The van der Waals surface area contributed by atoms with Gasteiger partial charge in [0.05, 0.1) is 22.8 Å². The largest absolute Gasteiger partial charge is 0.462 e. The number of aryl methyl sites for hydroxylation is 3. The molecule has 3 rings (SSSR count). The van der Waals surface area contributed by atoms with Gasteiger partial charge in [0, 0.05) is 26.2 Å². The van der Waals surface area contributed by atoms with E-state index in [4.69, 9.17) is 4.74 Å². The first-order valence-electron chi connectivity index (χ1n) is 10.2. The van der Waals surface area contributed by atoms with E-state index in [1.165, 1.54) is 16.4 Å². The second-order valence-corrected chi connectivity index (χ2v) is 9.42. The molecule has 8 nitrogen and oxygen atoms in total. The lowest BCUT2D eigenvalue weighted by Gasteiger charge is -2.34. The number of sulfonamides is 1. The van der Waals surface area contributed by atoms with Crippen LogP contribution >= 0.6 is 0 Å². The van der Waals surface area contributed by atoms with Crippen molar-refractivity contribution in [3.05, 3.63) is 58.4 Å². The Bertz CT molecular complexity index is 1110. The Labute approximate surface area is 182 Å². The van der Waals surface area contributed by atoms with Crippen molar-refractivity contribution in [1.82, 2.24) is 14.2 Å². The Hall–Kier alpha value is -2.78. The van der Waals surface area contributed by atoms with Crippen LogP contribution in [-0.4, -0.2) is 67.3 Å². The Morgan fingerprint density at radius 2 is 1.71 bits per heavy atom. The topological polar surface area (TPSA) is 96.9 Å². The highest BCUT2D eigenvalue weighted by atomic mass is 32.2. The number of carbonyl (C=O) groups excluding carboxylic acids is 2. The van der Waals surface area contributed by atoms with Crippen LogP contribution in [0.2, 0.25) is 0 Å². The molecule has 1 aliphatic heterocycles. The molecule has 1 amide bonds. The van der Waals surface area contributed by atoms with Crippen LogP contribution in [0.1, 0.15) is 44.6 Å². The van der Waals surface area contributed by atoms with Crippen molar-refractivity contribution >= 4 is 21.9 Å². The summed E-state index contributed by atoms with van der Waals surface area (Å²) in [5.41, 5.74) is 2.54. The van der Waals surface area contributed by atoms with Crippen molar-refractivity contribution in [3.8, 4) is 0 Å². The van der Waals surface area contributed by atoms with E-state index in [1.807, 2.05) is 13.0 Å². The summed E-state index contributed by atoms with van der Waals surface area (Å²) in [4.78, 5) is 30.9. The summed E-state index contributed by atoms with van der Waals surface area (Å²) in [6, 6.07) is 8.40. The molecule has 0 saturated carbocycles. The minimum absolute atomic E-state index is 0.210. The summed E-state index contributed by atoms with van der Waals surface area (Å²) in [5, 5.41) is 0. The molecule has 166 valence electrons. The highest BCUT2D eigenvalue weighted by Gasteiger charge is 2.32. The molecular weight excluding hydrogens is 418 g/mol. The molecule has 0 aliphatic carbocycles. The maximum atomic E-state index is 13.1. The minimum Gasteiger partial charge on any atom is -0.462 e. The number of benzene rings is 1. The molecule has 1 aliphatic rings. The number of aromatic nitrogens is 1. The number of hydrogen-bond donors (Lipinski definition) is 0. The molecule has 0 unspecified atom stereocenters. The third-order valence-corrected chi connectivity index (χ3v) is 7.33. The summed E-state index contributed by atoms with van der Waals surface area (Å²) in [6.45, 7) is 8.22. The zero-order valence-corrected chi connectivity index (χ0v) is 19.0. The lowest BCUT2D eigenvalue weighted by atomic mass is 10.1. The molecule has 0 atom stereocenters. The second-order valence-electron chi connectivity index (χ2n) is 7.52. The minimum atomic E-state index is -3.63. The van der Waals surface area contributed by atoms with E-state index < -0.39 is 16.0 Å². The summed E-state index contributed by atoms with van der Waals surface area (Å²) in [6.07, 6.45) is 0. The maximum Gasteiger partial charge on any atom is 0.339 e. The molecule has 0 spiro atoms. The quantitative estimate of drug-likeness (QED) is 0.656. The SMILES string of the molecule is CCOC(=O)c1ccc(C(=O)N2CCN(S(=O)(=O)c3cc(C)ccc3C)CC2)nc1C. The number of pyridine rings is 1. The van der Waals surface area contributed by atoms with Gasteiger partial charge in [-0.1, -0.05) is 12.1 Å². The van der Waals surface area contributed by atoms with Crippen molar-refractivity contribution in [1.29, 1.82) is 0 Å². The van der Waals surface area contributed by atoms with Gasteiger partial charge in [-0.25, -0.2) is 18.2 Å². The lowest BCUT2D eigenvalue weighted by molar-refractivity contribution is 0.0523. The number of hydrogen-bond acceptors (Lipinski definition) is 6. The third kappa shape index (κ3) is 4.77. The van der Waals surface area contributed by atoms with Gasteiger partial charge in [0.1, 0.15) is 5.69 Å². The number of nitrogens with zero attached hydrogens (tertiary/aromatic N) is 3. The molecule has 0 bridgehead atoms. The van der Waals surface area contributed by atoms with Crippen LogP contribution in [0.5, 0.6) is 0 Å². The van der Waals surface area contributed by atoms with E-state index >= 15 is 0 Å². The van der Waals surface area contributed by atoms with Crippen LogP contribution in [-0.2, 0) is 14.8 Å². The fraction of sp³-hybridized carbons (Fsp3) is 0.409. The zero-order chi connectivity index (χ0) is 22.8. The molecule has 31 heavy (non-hydrogen) atoms. The van der Waals surface area contributed by atoms with E-state index in [0.29, 0.717) is 21.7 Å². The Kier molecular flexibility index (Phi) is 6.76. The monoisotopic (exact) mass is 445 g/mol. The predicted octanol–water partition coefficient (Wildman–Crippen LogP) is 2.33. The van der Waals surface area contributed by atoms with E-state index in [-0.39, 0.29) is 44.4 Å². The lowest BCUT2D eigenvalue weighted by Crippen LogP contribution is -2.50. The normalized spacial score (nSPS) is 15.0. The van der Waals surface area contributed by atoms with Crippen molar-refractivity contribution in [2.45, 2.75) is 32.6 Å². The van der Waals surface area contributed by atoms with E-state index in [2.05, 4.69) is 4.98 Å². The van der Waals surface area contributed by atoms with Gasteiger partial charge in [0.15, 0.2) is 0 Å². The number of esters is 1. The van der Waals surface area contributed by atoms with Gasteiger partial charge in [-0.05, 0) is 57.0 Å². The average Bonchev–Trinajstić information content (AvgIpc) is 2.75. The fourth-order valence-corrected chi connectivity index (χ4v) is 5.25.